The van der Waals surface area contributed by atoms with Crippen LogP contribution in [0.25, 0.3) is 0 Å². The third-order valence-electron chi connectivity index (χ3n) is 5.36. The largest absolute Gasteiger partial charge is 0.476 e. The van der Waals surface area contributed by atoms with Crippen molar-refractivity contribution >= 4 is 11.9 Å². The summed E-state index contributed by atoms with van der Waals surface area (Å²) in [6.45, 7) is 5.57. The lowest BCUT2D eigenvalue weighted by atomic mass is 10.0. The van der Waals surface area contributed by atoms with Gasteiger partial charge in [-0.15, -0.1) is 0 Å². The van der Waals surface area contributed by atoms with Crippen LogP contribution in [0.3, 0.4) is 0 Å². The number of aryl methyl sites for hydroxylation is 2. The van der Waals surface area contributed by atoms with E-state index in [1.807, 2.05) is 36.7 Å². The minimum atomic E-state index is -1.02. The number of amides is 1. The summed E-state index contributed by atoms with van der Waals surface area (Å²) in [4.78, 5) is 26.0. The molecule has 0 saturated carbocycles. The molecule has 3 rings (SSSR count). The highest BCUT2D eigenvalue weighted by molar-refractivity contribution is 5.88. The molecular weight excluding hydrogens is 342 g/mol. The highest BCUT2D eigenvalue weighted by Gasteiger charge is 2.31. The molecule has 1 aromatic carbocycles. The van der Waals surface area contributed by atoms with Crippen molar-refractivity contribution in [1.29, 1.82) is 0 Å². The van der Waals surface area contributed by atoms with Crippen LogP contribution in [0.5, 0.6) is 0 Å². The van der Waals surface area contributed by atoms with Crippen molar-refractivity contribution in [2.45, 2.75) is 52.6 Å². The number of fused-ring (bicyclic) bond motifs is 1. The van der Waals surface area contributed by atoms with Gasteiger partial charge in [-0.25, -0.2) is 4.79 Å². The molecule has 6 heteroatoms. The maximum atomic E-state index is 12.5. The summed E-state index contributed by atoms with van der Waals surface area (Å²) < 4.78 is 1.84. The molecular formula is C21H27N3O3. The zero-order chi connectivity index (χ0) is 19.4. The molecule has 0 fully saturated rings. The van der Waals surface area contributed by atoms with Crippen LogP contribution in [0, 0.1) is 5.92 Å². The Kier molecular flexibility index (Phi) is 5.94. The van der Waals surface area contributed by atoms with Crippen molar-refractivity contribution in [2.24, 2.45) is 5.92 Å². The molecule has 0 unspecified atom stereocenters. The number of carboxylic acid groups (broad SMARTS) is 1. The van der Waals surface area contributed by atoms with Gasteiger partial charge in [0, 0.05) is 43.2 Å². The van der Waals surface area contributed by atoms with Gasteiger partial charge in [0.25, 0.3) is 0 Å². The van der Waals surface area contributed by atoms with Gasteiger partial charge in [0.1, 0.15) is 0 Å². The van der Waals surface area contributed by atoms with E-state index in [2.05, 4.69) is 17.2 Å². The normalized spacial score (nSPS) is 14.7. The molecule has 2 aromatic rings. The minimum absolute atomic E-state index is 0.0410. The number of aromatic nitrogens is 2. The van der Waals surface area contributed by atoms with Crippen molar-refractivity contribution in [2.75, 3.05) is 6.54 Å². The molecule has 1 atom stereocenters. The molecule has 6 nitrogen and oxygen atoms in total. The van der Waals surface area contributed by atoms with Crippen LogP contribution in [0.2, 0.25) is 0 Å². The zero-order valence-corrected chi connectivity index (χ0v) is 16.0. The number of carbonyl (C=O) groups is 2. The summed E-state index contributed by atoms with van der Waals surface area (Å²) in [6, 6.07) is 10.2. The average molecular weight is 369 g/mol. The van der Waals surface area contributed by atoms with Crippen molar-refractivity contribution in [3.05, 3.63) is 52.8 Å². The molecule has 0 radical (unpaired) electrons. The van der Waals surface area contributed by atoms with Crippen LogP contribution in [0.1, 0.15) is 54.0 Å². The Hall–Kier alpha value is -2.63. The molecule has 144 valence electrons. The van der Waals surface area contributed by atoms with Crippen LogP contribution >= 0.6 is 0 Å². The molecule has 0 spiro atoms. The minimum Gasteiger partial charge on any atom is -0.476 e. The maximum absolute atomic E-state index is 12.5. The van der Waals surface area contributed by atoms with Crippen LogP contribution < -0.4 is 0 Å². The van der Waals surface area contributed by atoms with E-state index in [9.17, 15) is 14.7 Å². The van der Waals surface area contributed by atoms with Crippen molar-refractivity contribution in [3.8, 4) is 0 Å². The lowest BCUT2D eigenvalue weighted by Gasteiger charge is -2.29. The molecule has 1 N–H and O–H groups in total. The summed E-state index contributed by atoms with van der Waals surface area (Å²) in [5, 5.41) is 13.9. The van der Waals surface area contributed by atoms with Gasteiger partial charge < -0.3 is 10.0 Å². The maximum Gasteiger partial charge on any atom is 0.356 e. The molecule has 0 saturated heterocycles. The van der Waals surface area contributed by atoms with E-state index in [1.54, 1.807) is 4.90 Å². The Morgan fingerprint density at radius 2 is 2.00 bits per heavy atom. The van der Waals surface area contributed by atoms with E-state index in [1.165, 1.54) is 5.56 Å². The van der Waals surface area contributed by atoms with E-state index in [0.29, 0.717) is 31.6 Å². The number of carbonyl (C=O) groups excluding carboxylic acids is 1. The van der Waals surface area contributed by atoms with Gasteiger partial charge >= 0.3 is 5.97 Å². The van der Waals surface area contributed by atoms with Gasteiger partial charge in [-0.2, -0.15) is 5.10 Å². The number of carboxylic acids is 1. The van der Waals surface area contributed by atoms with E-state index < -0.39 is 5.97 Å². The van der Waals surface area contributed by atoms with Gasteiger partial charge in [-0.1, -0.05) is 44.2 Å². The van der Waals surface area contributed by atoms with Crippen LogP contribution in [0.4, 0.5) is 0 Å². The first-order valence-corrected chi connectivity index (χ1v) is 9.65. The lowest BCUT2D eigenvalue weighted by Crippen LogP contribution is -2.39. The molecule has 1 amide bonds. The fourth-order valence-electron chi connectivity index (χ4n) is 3.60. The topological polar surface area (TPSA) is 75.4 Å². The number of nitrogens with zero attached hydrogens (tertiary/aromatic N) is 3. The Morgan fingerprint density at radius 1 is 1.26 bits per heavy atom. The Balaban J connectivity index is 1.74. The number of aromatic carboxylic acids is 1. The van der Waals surface area contributed by atoms with Gasteiger partial charge in [0.2, 0.25) is 5.91 Å². The van der Waals surface area contributed by atoms with E-state index in [0.717, 1.165) is 25.0 Å². The average Bonchev–Trinajstić information content (AvgIpc) is 3.06. The van der Waals surface area contributed by atoms with E-state index in [4.69, 9.17) is 0 Å². The van der Waals surface area contributed by atoms with Gasteiger partial charge in [-0.3, -0.25) is 9.48 Å². The standard InChI is InChI=1S/C21H27N3O3/c1-3-15(2)20(25)23-13-11-18-17(14-23)19(21(26)27)22-24(18)12-7-10-16-8-5-4-6-9-16/h4-6,8-9,15H,3,7,10-14H2,1-2H3,(H,26,27)/t15-/m1/s1. The second-order valence-corrected chi connectivity index (χ2v) is 7.21. The lowest BCUT2D eigenvalue weighted by molar-refractivity contribution is -0.136. The molecule has 1 aliphatic rings. The predicted molar refractivity (Wildman–Crippen MR) is 103 cm³/mol. The van der Waals surface area contributed by atoms with Crippen molar-refractivity contribution in [3.63, 3.8) is 0 Å². The Labute approximate surface area is 159 Å². The fraction of sp³-hybridized carbons (Fsp3) is 0.476. The number of rotatable bonds is 7. The monoisotopic (exact) mass is 369 g/mol. The quantitative estimate of drug-likeness (QED) is 0.813. The van der Waals surface area contributed by atoms with E-state index in [-0.39, 0.29) is 17.5 Å². The Bertz CT molecular complexity index is 814. The molecule has 1 aliphatic heterocycles. The van der Waals surface area contributed by atoms with Crippen LogP contribution in [0.15, 0.2) is 30.3 Å². The number of benzene rings is 1. The summed E-state index contributed by atoms with van der Waals surface area (Å²) in [5.41, 5.74) is 3.02. The van der Waals surface area contributed by atoms with Crippen molar-refractivity contribution in [1.82, 2.24) is 14.7 Å². The number of hydrogen-bond donors (Lipinski definition) is 1. The molecule has 27 heavy (non-hydrogen) atoms. The fourth-order valence-corrected chi connectivity index (χ4v) is 3.60. The van der Waals surface area contributed by atoms with E-state index >= 15 is 0 Å². The highest BCUT2D eigenvalue weighted by atomic mass is 16.4. The SMILES string of the molecule is CC[C@@H](C)C(=O)N1CCc2c(c(C(=O)O)nn2CCCc2ccccc2)C1. The summed E-state index contributed by atoms with van der Waals surface area (Å²) in [7, 11) is 0. The highest BCUT2D eigenvalue weighted by Crippen LogP contribution is 2.25. The summed E-state index contributed by atoms with van der Waals surface area (Å²) in [5.74, 6) is -0.969. The second-order valence-electron chi connectivity index (χ2n) is 7.21. The second kappa shape index (κ2) is 8.37. The van der Waals surface area contributed by atoms with Gasteiger partial charge in [0.15, 0.2) is 5.69 Å². The predicted octanol–water partition coefficient (Wildman–Crippen LogP) is 3.14. The Morgan fingerprint density at radius 3 is 2.67 bits per heavy atom. The molecule has 2 heterocycles. The third-order valence-corrected chi connectivity index (χ3v) is 5.36. The molecule has 1 aromatic heterocycles. The summed E-state index contributed by atoms with van der Waals surface area (Å²) in [6.07, 6.45) is 3.26. The number of hydrogen-bond acceptors (Lipinski definition) is 3. The molecule has 0 bridgehead atoms. The van der Waals surface area contributed by atoms with Gasteiger partial charge in [0.05, 0.1) is 0 Å². The first kappa shape index (κ1) is 19.1. The van der Waals surface area contributed by atoms with Gasteiger partial charge in [-0.05, 0) is 24.8 Å². The smallest absolute Gasteiger partial charge is 0.356 e. The zero-order valence-electron chi connectivity index (χ0n) is 16.0. The first-order valence-electron chi connectivity index (χ1n) is 9.65. The van der Waals surface area contributed by atoms with Crippen LogP contribution in [-0.4, -0.2) is 38.2 Å². The van der Waals surface area contributed by atoms with Crippen molar-refractivity contribution < 1.29 is 14.7 Å². The summed E-state index contributed by atoms with van der Waals surface area (Å²) >= 11 is 0. The first-order chi connectivity index (χ1) is 13.0. The molecule has 0 aliphatic carbocycles. The van der Waals surface area contributed by atoms with Crippen LogP contribution in [-0.2, 0) is 30.7 Å². The third kappa shape index (κ3) is 4.21.